The van der Waals surface area contributed by atoms with Crippen LogP contribution in [0.15, 0.2) is 42.5 Å². The van der Waals surface area contributed by atoms with Crippen LogP contribution in [0.25, 0.3) is 0 Å². The first kappa shape index (κ1) is 18.9. The van der Waals surface area contributed by atoms with Crippen LogP contribution in [0.4, 0.5) is 11.4 Å². The van der Waals surface area contributed by atoms with Gasteiger partial charge >= 0.3 is 5.69 Å². The standard InChI is InChI=1S/C16H12BrClN2O5/c1-25-13-7-10(18)11(8-12(13)20(23)24)19-16(22)14(17)15(21)9-5-3-2-4-6-9/h2-8,14H,1H3,(H,19,22). The number of nitro groups is 1. The Morgan fingerprint density at radius 3 is 2.48 bits per heavy atom. The van der Waals surface area contributed by atoms with E-state index in [9.17, 15) is 19.7 Å². The summed E-state index contributed by atoms with van der Waals surface area (Å²) in [5.74, 6) is -1.18. The molecule has 1 atom stereocenters. The average molecular weight is 428 g/mol. The van der Waals surface area contributed by atoms with Crippen LogP contribution in [0.1, 0.15) is 10.4 Å². The van der Waals surface area contributed by atoms with Crippen LogP contribution in [0.2, 0.25) is 5.02 Å². The summed E-state index contributed by atoms with van der Waals surface area (Å²) in [5.41, 5.74) is -0.00137. The number of hydrogen-bond acceptors (Lipinski definition) is 5. The summed E-state index contributed by atoms with van der Waals surface area (Å²) in [6, 6.07) is 10.5. The number of hydrogen-bond donors (Lipinski definition) is 1. The number of rotatable bonds is 6. The van der Waals surface area contributed by atoms with Crippen LogP contribution < -0.4 is 10.1 Å². The van der Waals surface area contributed by atoms with Gasteiger partial charge in [0, 0.05) is 17.7 Å². The summed E-state index contributed by atoms with van der Waals surface area (Å²) in [6.07, 6.45) is 0. The van der Waals surface area contributed by atoms with Gasteiger partial charge in [-0.25, -0.2) is 0 Å². The van der Waals surface area contributed by atoms with Crippen molar-refractivity contribution in [3.05, 3.63) is 63.2 Å². The second-order valence-corrected chi connectivity index (χ2v) is 6.17. The molecular weight excluding hydrogens is 416 g/mol. The van der Waals surface area contributed by atoms with Gasteiger partial charge in [0.1, 0.15) is 0 Å². The minimum Gasteiger partial charge on any atom is -0.490 e. The lowest BCUT2D eigenvalue weighted by Crippen LogP contribution is -2.30. The number of anilines is 1. The molecule has 1 N–H and O–H groups in total. The van der Waals surface area contributed by atoms with Crippen molar-refractivity contribution in [2.75, 3.05) is 12.4 Å². The number of benzene rings is 2. The lowest BCUT2D eigenvalue weighted by molar-refractivity contribution is -0.385. The molecule has 0 aliphatic heterocycles. The SMILES string of the molecule is COc1cc(Cl)c(NC(=O)C(Br)C(=O)c2ccccc2)cc1[N+](=O)[O-]. The monoisotopic (exact) mass is 426 g/mol. The fraction of sp³-hybridized carbons (Fsp3) is 0.125. The average Bonchev–Trinajstić information content (AvgIpc) is 2.62. The van der Waals surface area contributed by atoms with Crippen LogP contribution in [0.5, 0.6) is 5.75 Å². The largest absolute Gasteiger partial charge is 0.490 e. The fourth-order valence-corrected chi connectivity index (χ4v) is 2.59. The number of Topliss-reactive ketones (excluding diaryl/α,β-unsaturated/α-hetero) is 1. The topological polar surface area (TPSA) is 98.5 Å². The molecule has 0 saturated carbocycles. The lowest BCUT2D eigenvalue weighted by atomic mass is 10.1. The Morgan fingerprint density at radius 2 is 1.92 bits per heavy atom. The molecule has 130 valence electrons. The van der Waals surface area contributed by atoms with E-state index < -0.39 is 21.4 Å². The molecule has 0 saturated heterocycles. The molecule has 0 spiro atoms. The van der Waals surface area contributed by atoms with Crippen molar-refractivity contribution in [1.82, 2.24) is 0 Å². The van der Waals surface area contributed by atoms with Gasteiger partial charge in [-0.1, -0.05) is 57.9 Å². The Morgan fingerprint density at radius 1 is 1.28 bits per heavy atom. The zero-order valence-corrected chi connectivity index (χ0v) is 15.2. The normalized spacial score (nSPS) is 11.5. The molecule has 2 aromatic carbocycles. The van der Waals surface area contributed by atoms with Gasteiger partial charge in [-0.2, -0.15) is 0 Å². The third kappa shape index (κ3) is 4.34. The predicted octanol–water partition coefficient (Wildman–Crippen LogP) is 3.84. The van der Waals surface area contributed by atoms with Crippen LogP contribution in [0, 0.1) is 10.1 Å². The molecule has 0 heterocycles. The molecule has 7 nitrogen and oxygen atoms in total. The van der Waals surface area contributed by atoms with Crippen molar-refractivity contribution < 1.29 is 19.2 Å². The Balaban J connectivity index is 2.24. The molecule has 0 aliphatic carbocycles. The van der Waals surface area contributed by atoms with Crippen LogP contribution in [-0.2, 0) is 4.79 Å². The Kier molecular flexibility index (Phi) is 6.11. The zero-order valence-electron chi connectivity index (χ0n) is 12.9. The van der Waals surface area contributed by atoms with Gasteiger partial charge in [0.05, 0.1) is 22.7 Å². The molecule has 1 amide bonds. The molecule has 0 aromatic heterocycles. The van der Waals surface area contributed by atoms with Gasteiger partial charge in [-0.05, 0) is 0 Å². The Hall–Kier alpha value is -2.45. The molecule has 0 aliphatic rings. The van der Waals surface area contributed by atoms with Crippen molar-refractivity contribution in [1.29, 1.82) is 0 Å². The number of carbonyl (C=O) groups is 2. The van der Waals surface area contributed by atoms with E-state index in [0.29, 0.717) is 5.56 Å². The third-order valence-corrected chi connectivity index (χ3v) is 4.39. The minimum absolute atomic E-state index is 0.00415. The van der Waals surface area contributed by atoms with Crippen LogP contribution in [-0.4, -0.2) is 28.6 Å². The van der Waals surface area contributed by atoms with Gasteiger partial charge in [0.2, 0.25) is 5.91 Å². The number of ketones is 1. The van der Waals surface area contributed by atoms with E-state index in [4.69, 9.17) is 16.3 Å². The Labute approximate surface area is 156 Å². The van der Waals surface area contributed by atoms with E-state index in [-0.39, 0.29) is 22.1 Å². The summed E-state index contributed by atoms with van der Waals surface area (Å²) in [4.78, 5) is 33.8. The number of amides is 1. The zero-order chi connectivity index (χ0) is 18.6. The van der Waals surface area contributed by atoms with Crippen molar-refractivity contribution >= 4 is 50.6 Å². The van der Waals surface area contributed by atoms with E-state index in [0.717, 1.165) is 6.07 Å². The summed E-state index contributed by atoms with van der Waals surface area (Å²) in [6.45, 7) is 0. The van der Waals surface area contributed by atoms with Gasteiger partial charge < -0.3 is 10.1 Å². The molecule has 1 unspecified atom stereocenters. The van der Waals surface area contributed by atoms with E-state index in [1.54, 1.807) is 30.3 Å². The molecule has 2 aromatic rings. The summed E-state index contributed by atoms with van der Waals surface area (Å²) >= 11 is 9.05. The highest BCUT2D eigenvalue weighted by Crippen LogP contribution is 2.36. The third-order valence-electron chi connectivity index (χ3n) is 3.24. The number of halogens is 2. The molecular formula is C16H12BrClN2O5. The van der Waals surface area contributed by atoms with E-state index in [1.807, 2.05) is 0 Å². The van der Waals surface area contributed by atoms with Crippen molar-refractivity contribution in [2.45, 2.75) is 4.83 Å². The molecule has 0 fully saturated rings. The van der Waals surface area contributed by atoms with Gasteiger partial charge in [0.15, 0.2) is 16.4 Å². The number of nitrogens with one attached hydrogen (secondary N) is 1. The molecule has 2 rings (SSSR count). The molecule has 25 heavy (non-hydrogen) atoms. The Bertz CT molecular complexity index is 829. The van der Waals surface area contributed by atoms with Crippen molar-refractivity contribution in [3.63, 3.8) is 0 Å². The highest BCUT2D eigenvalue weighted by atomic mass is 79.9. The fourth-order valence-electron chi connectivity index (χ4n) is 2.01. The first-order chi connectivity index (χ1) is 11.8. The number of alkyl halides is 1. The van der Waals surface area contributed by atoms with Gasteiger partial charge in [-0.15, -0.1) is 0 Å². The van der Waals surface area contributed by atoms with Gasteiger partial charge in [-0.3, -0.25) is 19.7 Å². The lowest BCUT2D eigenvalue weighted by Gasteiger charge is -2.12. The van der Waals surface area contributed by atoms with Crippen molar-refractivity contribution in [3.8, 4) is 5.75 Å². The first-order valence-electron chi connectivity index (χ1n) is 6.91. The minimum atomic E-state index is -1.17. The predicted molar refractivity (Wildman–Crippen MR) is 96.8 cm³/mol. The maximum absolute atomic E-state index is 12.3. The summed E-state index contributed by atoms with van der Waals surface area (Å²) in [7, 11) is 1.27. The molecule has 0 radical (unpaired) electrons. The van der Waals surface area contributed by atoms with Gasteiger partial charge in [0.25, 0.3) is 0 Å². The number of nitro benzene ring substituents is 1. The maximum atomic E-state index is 12.3. The van der Waals surface area contributed by atoms with Crippen LogP contribution >= 0.6 is 27.5 Å². The second-order valence-electron chi connectivity index (χ2n) is 4.84. The molecule has 0 bridgehead atoms. The number of nitrogens with zero attached hydrogens (tertiary/aromatic N) is 1. The quantitative estimate of drug-likeness (QED) is 0.248. The molecule has 9 heteroatoms. The van der Waals surface area contributed by atoms with E-state index in [1.165, 1.54) is 13.2 Å². The maximum Gasteiger partial charge on any atom is 0.313 e. The number of ether oxygens (including phenoxy) is 1. The number of methoxy groups -OCH3 is 1. The second kappa shape index (κ2) is 8.09. The first-order valence-corrected chi connectivity index (χ1v) is 8.20. The van der Waals surface area contributed by atoms with E-state index >= 15 is 0 Å². The van der Waals surface area contributed by atoms with Crippen LogP contribution in [0.3, 0.4) is 0 Å². The van der Waals surface area contributed by atoms with Crippen molar-refractivity contribution in [2.24, 2.45) is 0 Å². The summed E-state index contributed by atoms with van der Waals surface area (Å²) < 4.78 is 4.89. The van der Waals surface area contributed by atoms with E-state index in [2.05, 4.69) is 21.2 Å². The highest BCUT2D eigenvalue weighted by molar-refractivity contribution is 9.10. The smallest absolute Gasteiger partial charge is 0.313 e. The summed E-state index contributed by atoms with van der Waals surface area (Å²) in [5, 5.41) is 13.5. The highest BCUT2D eigenvalue weighted by Gasteiger charge is 2.26. The number of carbonyl (C=O) groups excluding carboxylic acids is 2.